The molecule has 0 heterocycles. The summed E-state index contributed by atoms with van der Waals surface area (Å²) in [6.45, 7) is 2.84. The number of nitrogens with one attached hydrogen (secondary N) is 2. The van der Waals surface area contributed by atoms with E-state index in [-0.39, 0.29) is 19.8 Å². The Morgan fingerprint density at radius 1 is 0.912 bits per heavy atom. The van der Waals surface area contributed by atoms with E-state index in [1.165, 1.54) is 0 Å². The van der Waals surface area contributed by atoms with Crippen LogP contribution >= 0.6 is 0 Å². The summed E-state index contributed by atoms with van der Waals surface area (Å²) < 4.78 is 25.8. The third kappa shape index (κ3) is 16.0. The third-order valence-corrected chi connectivity index (χ3v) is 4.49. The zero-order valence-electron chi connectivity index (χ0n) is 19.8. The molecule has 3 amide bonds. The van der Waals surface area contributed by atoms with Gasteiger partial charge in [0.15, 0.2) is 0 Å². The number of alkyl carbamates (subject to hydrolysis) is 1. The summed E-state index contributed by atoms with van der Waals surface area (Å²) in [5.74, 6) is -1.06. The van der Waals surface area contributed by atoms with E-state index < -0.39 is 23.9 Å². The van der Waals surface area contributed by atoms with E-state index in [0.717, 1.165) is 5.56 Å². The van der Waals surface area contributed by atoms with Crippen LogP contribution in [0, 0.1) is 0 Å². The van der Waals surface area contributed by atoms with Crippen LogP contribution in [0.25, 0.3) is 0 Å². The van der Waals surface area contributed by atoms with E-state index in [1.807, 2.05) is 30.3 Å². The van der Waals surface area contributed by atoms with E-state index >= 15 is 0 Å². The van der Waals surface area contributed by atoms with Gasteiger partial charge in [-0.1, -0.05) is 30.3 Å². The standard InChI is InChI=1S/C23H37N3O8/c1-30-11-12-31-13-14-32-15-16-33-18-21(27)26-20(22(24)28)9-5-6-10-25-23(29)34-17-19-7-3-2-4-8-19/h2-4,7-8,20H,5-6,9-18H2,1H3,(H2,24,28)(H,25,29)(H,26,27)/t20-/m0/s1. The first-order chi connectivity index (χ1) is 16.5. The molecule has 0 aliphatic heterocycles. The van der Waals surface area contributed by atoms with E-state index in [1.54, 1.807) is 7.11 Å². The molecule has 0 fully saturated rings. The van der Waals surface area contributed by atoms with E-state index in [0.29, 0.717) is 58.8 Å². The molecule has 0 bridgehead atoms. The highest BCUT2D eigenvalue weighted by atomic mass is 16.6. The van der Waals surface area contributed by atoms with Gasteiger partial charge in [-0.3, -0.25) is 9.59 Å². The van der Waals surface area contributed by atoms with Crippen LogP contribution in [0.1, 0.15) is 24.8 Å². The van der Waals surface area contributed by atoms with Gasteiger partial charge >= 0.3 is 6.09 Å². The molecule has 0 saturated carbocycles. The van der Waals surface area contributed by atoms with Crippen molar-refractivity contribution in [3.8, 4) is 0 Å². The molecule has 0 saturated heterocycles. The van der Waals surface area contributed by atoms with Gasteiger partial charge in [-0.2, -0.15) is 0 Å². The predicted octanol–water partition coefficient (Wildman–Crippen LogP) is 0.749. The molecule has 1 rings (SSSR count). The number of carbonyl (C=O) groups is 3. The number of ether oxygens (including phenoxy) is 5. The summed E-state index contributed by atoms with van der Waals surface area (Å²) in [4.78, 5) is 35.3. The smallest absolute Gasteiger partial charge is 0.407 e. The Balaban J connectivity index is 2.05. The minimum atomic E-state index is -0.804. The van der Waals surface area contributed by atoms with Crippen LogP contribution in [0.4, 0.5) is 4.79 Å². The van der Waals surface area contributed by atoms with Gasteiger partial charge in [-0.15, -0.1) is 0 Å². The number of hydrogen-bond donors (Lipinski definition) is 3. The van der Waals surface area contributed by atoms with Gasteiger partial charge in [0.1, 0.15) is 19.3 Å². The molecule has 34 heavy (non-hydrogen) atoms. The van der Waals surface area contributed by atoms with Crippen molar-refractivity contribution in [3.05, 3.63) is 35.9 Å². The normalized spacial score (nSPS) is 11.6. The van der Waals surface area contributed by atoms with Crippen molar-refractivity contribution in [3.63, 3.8) is 0 Å². The molecule has 0 aliphatic carbocycles. The Morgan fingerprint density at radius 3 is 2.21 bits per heavy atom. The number of rotatable bonds is 20. The Bertz CT molecular complexity index is 690. The van der Waals surface area contributed by atoms with Gasteiger partial charge in [0, 0.05) is 13.7 Å². The van der Waals surface area contributed by atoms with Crippen molar-refractivity contribution in [2.24, 2.45) is 5.73 Å². The lowest BCUT2D eigenvalue weighted by atomic mass is 10.1. The van der Waals surface area contributed by atoms with Gasteiger partial charge in [-0.05, 0) is 24.8 Å². The molecule has 1 aromatic rings. The number of unbranched alkanes of at least 4 members (excludes halogenated alkanes) is 1. The number of amides is 3. The molecular formula is C23H37N3O8. The second-order valence-corrected chi connectivity index (χ2v) is 7.28. The minimum Gasteiger partial charge on any atom is -0.445 e. The monoisotopic (exact) mass is 483 g/mol. The first-order valence-electron chi connectivity index (χ1n) is 11.3. The molecular weight excluding hydrogens is 446 g/mol. The van der Waals surface area contributed by atoms with Crippen molar-refractivity contribution < 1.29 is 38.1 Å². The number of benzene rings is 1. The van der Waals surface area contributed by atoms with Gasteiger partial charge in [0.05, 0.1) is 39.6 Å². The maximum atomic E-state index is 12.0. The molecule has 0 aromatic heterocycles. The lowest BCUT2D eigenvalue weighted by Crippen LogP contribution is -2.45. The average Bonchev–Trinajstić information content (AvgIpc) is 2.83. The molecule has 0 unspecified atom stereocenters. The molecule has 0 aliphatic rings. The maximum Gasteiger partial charge on any atom is 0.407 e. The van der Waals surface area contributed by atoms with Crippen LogP contribution in [0.15, 0.2) is 30.3 Å². The Kier molecular flexibility index (Phi) is 17.0. The van der Waals surface area contributed by atoms with Gasteiger partial charge in [0.2, 0.25) is 11.8 Å². The predicted molar refractivity (Wildman–Crippen MR) is 124 cm³/mol. The summed E-state index contributed by atoms with van der Waals surface area (Å²) in [6.07, 6.45) is 1.02. The first-order valence-corrected chi connectivity index (χ1v) is 11.3. The van der Waals surface area contributed by atoms with Gasteiger partial charge in [0.25, 0.3) is 0 Å². The molecule has 11 heteroatoms. The number of primary amides is 1. The largest absolute Gasteiger partial charge is 0.445 e. The minimum absolute atomic E-state index is 0.194. The summed E-state index contributed by atoms with van der Waals surface area (Å²) in [5, 5.41) is 5.21. The van der Waals surface area contributed by atoms with E-state index in [9.17, 15) is 14.4 Å². The van der Waals surface area contributed by atoms with Crippen LogP contribution < -0.4 is 16.4 Å². The van der Waals surface area contributed by atoms with Crippen molar-refractivity contribution in [1.29, 1.82) is 0 Å². The second-order valence-electron chi connectivity index (χ2n) is 7.28. The first kappa shape index (κ1) is 29.3. The van der Waals surface area contributed by atoms with Crippen LogP contribution in [-0.2, 0) is 39.9 Å². The lowest BCUT2D eigenvalue weighted by molar-refractivity contribution is -0.131. The van der Waals surface area contributed by atoms with E-state index in [2.05, 4.69) is 10.6 Å². The molecule has 1 atom stereocenters. The zero-order chi connectivity index (χ0) is 24.9. The Labute approximate surface area is 200 Å². The lowest BCUT2D eigenvalue weighted by Gasteiger charge is -2.15. The van der Waals surface area contributed by atoms with Gasteiger partial charge in [-0.25, -0.2) is 4.79 Å². The molecule has 4 N–H and O–H groups in total. The number of methoxy groups -OCH3 is 1. The quantitative estimate of drug-likeness (QED) is 0.230. The number of carbonyl (C=O) groups excluding carboxylic acids is 3. The van der Waals surface area contributed by atoms with Crippen LogP contribution in [0.3, 0.4) is 0 Å². The molecule has 0 spiro atoms. The number of hydrogen-bond acceptors (Lipinski definition) is 8. The fourth-order valence-corrected chi connectivity index (χ4v) is 2.71. The van der Waals surface area contributed by atoms with Crippen LogP contribution in [-0.4, -0.2) is 83.9 Å². The third-order valence-electron chi connectivity index (χ3n) is 4.49. The van der Waals surface area contributed by atoms with Crippen molar-refractivity contribution in [1.82, 2.24) is 10.6 Å². The summed E-state index contributed by atoms with van der Waals surface area (Å²) in [6, 6.07) is 8.56. The summed E-state index contributed by atoms with van der Waals surface area (Å²) in [7, 11) is 1.60. The maximum absolute atomic E-state index is 12.0. The zero-order valence-corrected chi connectivity index (χ0v) is 19.8. The van der Waals surface area contributed by atoms with Crippen molar-refractivity contribution in [2.75, 3.05) is 59.9 Å². The highest BCUT2D eigenvalue weighted by Crippen LogP contribution is 2.02. The van der Waals surface area contributed by atoms with Gasteiger partial charge < -0.3 is 40.1 Å². The summed E-state index contributed by atoms with van der Waals surface area (Å²) >= 11 is 0. The number of nitrogens with two attached hydrogens (primary N) is 1. The molecule has 11 nitrogen and oxygen atoms in total. The van der Waals surface area contributed by atoms with Crippen molar-refractivity contribution in [2.45, 2.75) is 31.9 Å². The molecule has 1 aromatic carbocycles. The molecule has 192 valence electrons. The summed E-state index contributed by atoms with van der Waals surface area (Å²) in [5.41, 5.74) is 6.27. The van der Waals surface area contributed by atoms with Crippen LogP contribution in [0.5, 0.6) is 0 Å². The fraction of sp³-hybridized carbons (Fsp3) is 0.609. The van der Waals surface area contributed by atoms with Crippen LogP contribution in [0.2, 0.25) is 0 Å². The average molecular weight is 484 g/mol. The molecule has 0 radical (unpaired) electrons. The van der Waals surface area contributed by atoms with E-state index in [4.69, 9.17) is 29.4 Å². The highest BCUT2D eigenvalue weighted by molar-refractivity contribution is 5.86. The fourth-order valence-electron chi connectivity index (χ4n) is 2.71. The second kappa shape index (κ2) is 19.7. The van der Waals surface area contributed by atoms with Crippen molar-refractivity contribution >= 4 is 17.9 Å². The Hall–Kier alpha value is -2.73. The Morgan fingerprint density at radius 2 is 1.56 bits per heavy atom. The highest BCUT2D eigenvalue weighted by Gasteiger charge is 2.17. The topological polar surface area (TPSA) is 147 Å². The SMILES string of the molecule is COCCOCCOCCOCC(=O)N[C@@H](CCCCNC(=O)OCc1ccccc1)C(N)=O.